The third-order valence-corrected chi connectivity index (χ3v) is 11.8. The summed E-state index contributed by atoms with van der Waals surface area (Å²) in [6, 6.07) is 7.85. The molecule has 0 saturated heterocycles. The number of hydrogen-bond acceptors (Lipinski definition) is 6. The first-order chi connectivity index (χ1) is 17.2. The highest BCUT2D eigenvalue weighted by Crippen LogP contribution is 2.47. The molecule has 0 spiro atoms. The van der Waals surface area contributed by atoms with Crippen molar-refractivity contribution in [3.8, 4) is 17.0 Å². The molecule has 0 aliphatic carbocycles. The summed E-state index contributed by atoms with van der Waals surface area (Å²) < 4.78 is 31.8. The summed E-state index contributed by atoms with van der Waals surface area (Å²) in [5, 5.41) is 14.1. The van der Waals surface area contributed by atoms with Crippen LogP contribution >= 0.6 is 0 Å². The minimum Gasteiger partial charge on any atom is -0.490 e. The van der Waals surface area contributed by atoms with Crippen LogP contribution in [0.2, 0.25) is 18.1 Å². The Morgan fingerprint density at radius 2 is 1.76 bits per heavy atom. The fraction of sp³-hybridized carbons (Fsp3) is 0.586. The van der Waals surface area contributed by atoms with Crippen molar-refractivity contribution < 1.29 is 28.2 Å². The van der Waals surface area contributed by atoms with Crippen LogP contribution in [0.3, 0.4) is 0 Å². The van der Waals surface area contributed by atoms with Crippen LogP contribution in [0.1, 0.15) is 66.6 Å². The number of fused-ring (bicyclic) bond motifs is 1. The molecule has 1 aliphatic rings. The van der Waals surface area contributed by atoms with Crippen molar-refractivity contribution in [2.24, 2.45) is 0 Å². The zero-order valence-corrected chi connectivity index (χ0v) is 25.4. The van der Waals surface area contributed by atoms with Crippen LogP contribution < -0.4 is 10.1 Å². The van der Waals surface area contributed by atoms with Gasteiger partial charge >= 0.3 is 6.09 Å². The van der Waals surface area contributed by atoms with E-state index in [1.807, 2.05) is 6.07 Å². The van der Waals surface area contributed by atoms with Crippen molar-refractivity contribution in [1.82, 2.24) is 10.3 Å². The number of halogens is 1. The fourth-order valence-electron chi connectivity index (χ4n) is 3.84. The molecule has 1 aromatic heterocycles. The molecule has 2 aromatic rings. The van der Waals surface area contributed by atoms with Crippen LogP contribution in [0.25, 0.3) is 11.3 Å². The van der Waals surface area contributed by atoms with Crippen molar-refractivity contribution in [1.29, 1.82) is 0 Å². The monoisotopic (exact) mass is 546 g/mol. The number of hydrogen-bond donors (Lipinski definition) is 2. The lowest BCUT2D eigenvalue weighted by molar-refractivity contribution is 0.0297. The molecular weight excluding hydrogens is 503 g/mol. The van der Waals surface area contributed by atoms with Crippen LogP contribution in [0.4, 0.5) is 9.18 Å². The lowest BCUT2D eigenvalue weighted by Crippen LogP contribution is -2.45. The molecule has 0 saturated carbocycles. The van der Waals surface area contributed by atoms with Gasteiger partial charge in [-0.05, 0) is 83.1 Å². The van der Waals surface area contributed by atoms with E-state index >= 15 is 0 Å². The molecule has 1 amide bonds. The van der Waals surface area contributed by atoms with Gasteiger partial charge in [0.25, 0.3) is 0 Å². The number of nitrogens with zero attached hydrogens (tertiary/aromatic N) is 1. The standard InChI is InChI=1S/C29H43FN2O5Si/c1-26(2,3)37-25(33)31-16-29(8,34)22-15-21-24(23(32-22)19-11-13-20(30)14-12-19)35-17-28(21,7)18-36-38(9,10)27(4,5)6/h11-15,34H,16-18H2,1-10H3,(H,31,33)/t28-,29+/m1/s1. The van der Waals surface area contributed by atoms with Gasteiger partial charge in [-0.2, -0.15) is 0 Å². The maximum Gasteiger partial charge on any atom is 0.407 e. The molecule has 3 rings (SSSR count). The first-order valence-corrected chi connectivity index (χ1v) is 15.9. The summed E-state index contributed by atoms with van der Waals surface area (Å²) in [6.45, 7) is 20.7. The number of carbonyl (C=O) groups excluding carboxylic acids is 1. The zero-order valence-electron chi connectivity index (χ0n) is 24.4. The van der Waals surface area contributed by atoms with Crippen molar-refractivity contribution in [2.75, 3.05) is 19.8 Å². The third-order valence-electron chi connectivity index (χ3n) is 7.36. The van der Waals surface area contributed by atoms with Gasteiger partial charge in [0.2, 0.25) is 0 Å². The summed E-state index contributed by atoms with van der Waals surface area (Å²) in [7, 11) is -2.04. The van der Waals surface area contributed by atoms with E-state index in [0.29, 0.717) is 35.9 Å². The Hall–Kier alpha value is -2.49. The molecule has 1 aliphatic heterocycles. The van der Waals surface area contributed by atoms with Crippen LogP contribution in [0.5, 0.6) is 5.75 Å². The number of ether oxygens (including phenoxy) is 2. The predicted octanol–water partition coefficient (Wildman–Crippen LogP) is 6.29. The van der Waals surface area contributed by atoms with Gasteiger partial charge in [-0.15, -0.1) is 0 Å². The van der Waals surface area contributed by atoms with Gasteiger partial charge in [-0.1, -0.05) is 20.8 Å². The summed E-state index contributed by atoms with van der Waals surface area (Å²) in [6.07, 6.45) is -0.631. The molecule has 38 heavy (non-hydrogen) atoms. The van der Waals surface area contributed by atoms with E-state index < -0.39 is 31.0 Å². The smallest absolute Gasteiger partial charge is 0.407 e. The highest BCUT2D eigenvalue weighted by molar-refractivity contribution is 6.74. The van der Waals surface area contributed by atoms with E-state index in [-0.39, 0.29) is 17.4 Å². The van der Waals surface area contributed by atoms with Crippen LogP contribution in [0, 0.1) is 5.82 Å². The van der Waals surface area contributed by atoms with E-state index in [9.17, 15) is 14.3 Å². The fourth-order valence-corrected chi connectivity index (χ4v) is 4.95. The molecule has 2 atom stereocenters. The van der Waals surface area contributed by atoms with Gasteiger partial charge in [0, 0.05) is 17.7 Å². The Balaban J connectivity index is 2.02. The number of rotatable bonds is 7. The number of nitrogens with one attached hydrogen (secondary N) is 1. The average Bonchev–Trinajstić information content (AvgIpc) is 3.12. The number of amides is 1. The number of aliphatic hydroxyl groups is 1. The number of carbonyl (C=O) groups is 1. The summed E-state index contributed by atoms with van der Waals surface area (Å²) in [5.74, 6) is 0.237. The molecule has 2 N–H and O–H groups in total. The molecule has 0 fully saturated rings. The molecule has 7 nitrogen and oxygen atoms in total. The first-order valence-electron chi connectivity index (χ1n) is 13.0. The molecule has 210 valence electrons. The second-order valence-corrected chi connectivity index (χ2v) is 18.1. The Morgan fingerprint density at radius 1 is 1.16 bits per heavy atom. The number of pyridine rings is 1. The minimum atomic E-state index is -2.04. The van der Waals surface area contributed by atoms with Crippen molar-refractivity contribution in [3.63, 3.8) is 0 Å². The Kier molecular flexibility index (Phi) is 8.10. The van der Waals surface area contributed by atoms with E-state index in [1.165, 1.54) is 12.1 Å². The highest BCUT2D eigenvalue weighted by atomic mass is 28.4. The second kappa shape index (κ2) is 10.2. The molecular formula is C29H43FN2O5Si. The average molecular weight is 547 g/mol. The van der Waals surface area contributed by atoms with Crippen molar-refractivity contribution in [3.05, 3.63) is 47.4 Å². The summed E-state index contributed by atoms with van der Waals surface area (Å²) >= 11 is 0. The van der Waals surface area contributed by atoms with Crippen LogP contribution in [-0.4, -0.2) is 49.9 Å². The largest absolute Gasteiger partial charge is 0.490 e. The number of aromatic nitrogens is 1. The predicted molar refractivity (Wildman–Crippen MR) is 149 cm³/mol. The molecule has 0 unspecified atom stereocenters. The molecule has 0 radical (unpaired) electrons. The normalized spacial score (nSPS) is 19.4. The van der Waals surface area contributed by atoms with Gasteiger partial charge in [-0.3, -0.25) is 0 Å². The SMILES string of the molecule is CC(C)(C)OC(=O)NC[C@](C)(O)c1cc2c(c(-c3ccc(F)cc3)n1)OC[C@]2(C)CO[Si](C)(C)C(C)(C)C. The summed E-state index contributed by atoms with van der Waals surface area (Å²) in [4.78, 5) is 17.0. The second-order valence-electron chi connectivity index (χ2n) is 13.3. The van der Waals surface area contributed by atoms with Gasteiger partial charge in [0.05, 0.1) is 17.7 Å². The topological polar surface area (TPSA) is 89.9 Å². The lowest BCUT2D eigenvalue weighted by atomic mass is 9.83. The van der Waals surface area contributed by atoms with Gasteiger partial charge < -0.3 is 24.3 Å². The maximum atomic E-state index is 13.7. The Labute approximate surface area is 227 Å². The van der Waals surface area contributed by atoms with E-state index in [1.54, 1.807) is 39.8 Å². The highest BCUT2D eigenvalue weighted by Gasteiger charge is 2.44. The van der Waals surface area contributed by atoms with Crippen molar-refractivity contribution in [2.45, 2.75) is 90.1 Å². The van der Waals surface area contributed by atoms with E-state index in [4.69, 9.17) is 18.9 Å². The maximum absolute atomic E-state index is 13.7. The quantitative estimate of drug-likeness (QED) is 0.397. The van der Waals surface area contributed by atoms with Crippen LogP contribution in [-0.2, 0) is 20.2 Å². The van der Waals surface area contributed by atoms with E-state index in [0.717, 1.165) is 5.56 Å². The van der Waals surface area contributed by atoms with Gasteiger partial charge in [0.15, 0.2) is 8.32 Å². The molecule has 0 bridgehead atoms. The number of benzene rings is 1. The van der Waals surface area contributed by atoms with Gasteiger partial charge in [0.1, 0.15) is 35.1 Å². The Bertz CT molecular complexity index is 1170. The Morgan fingerprint density at radius 3 is 2.32 bits per heavy atom. The van der Waals surface area contributed by atoms with Crippen molar-refractivity contribution >= 4 is 14.4 Å². The lowest BCUT2D eigenvalue weighted by Gasteiger charge is -2.38. The molecule has 1 aromatic carbocycles. The van der Waals surface area contributed by atoms with Gasteiger partial charge in [-0.25, -0.2) is 14.2 Å². The molecule has 9 heteroatoms. The minimum absolute atomic E-state index is 0.0470. The third kappa shape index (κ3) is 6.73. The zero-order chi connectivity index (χ0) is 28.7. The summed E-state index contributed by atoms with van der Waals surface area (Å²) in [5.41, 5.74) is -0.299. The first kappa shape index (κ1) is 30.1. The molecule has 2 heterocycles. The van der Waals surface area contributed by atoms with E-state index in [2.05, 4.69) is 46.1 Å². The van der Waals surface area contributed by atoms with Crippen LogP contribution in [0.15, 0.2) is 30.3 Å². The number of alkyl carbamates (subject to hydrolysis) is 1.